The first kappa shape index (κ1) is 12.0. The van der Waals surface area contributed by atoms with E-state index in [0.29, 0.717) is 17.6 Å². The molecule has 0 spiro atoms. The monoisotopic (exact) mass is 263 g/mol. The molecule has 0 aliphatic heterocycles. The summed E-state index contributed by atoms with van der Waals surface area (Å²) < 4.78 is 1.62. The van der Waals surface area contributed by atoms with Gasteiger partial charge in [0.1, 0.15) is 17.9 Å². The van der Waals surface area contributed by atoms with Gasteiger partial charge >= 0.3 is 0 Å². The molecule has 2 heterocycles. The summed E-state index contributed by atoms with van der Waals surface area (Å²) in [6, 6.07) is -0.482. The molecule has 1 fully saturated rings. The maximum Gasteiger partial charge on any atom is 0.168 e. The van der Waals surface area contributed by atoms with Gasteiger partial charge in [-0.15, -0.1) is 0 Å². The summed E-state index contributed by atoms with van der Waals surface area (Å²) in [5, 5.41) is 19.1. The average molecular weight is 263 g/mol. The fourth-order valence-electron chi connectivity index (χ4n) is 2.51. The fraction of sp³-hybridized carbons (Fsp3) is 0.455. The number of aromatic nitrogens is 4. The number of imidazole rings is 1. The first-order chi connectivity index (χ1) is 9.13. The molecule has 100 valence electrons. The number of hydrogen-bond acceptors (Lipinski definition) is 7. The number of anilines is 1. The molecule has 3 rings (SSSR count). The zero-order valence-corrected chi connectivity index (χ0v) is 9.97. The van der Waals surface area contributed by atoms with E-state index < -0.39 is 18.1 Å². The largest absolute Gasteiger partial charge is 0.396 e. The maximum atomic E-state index is 11.7. The second-order valence-corrected chi connectivity index (χ2v) is 4.61. The minimum Gasteiger partial charge on any atom is -0.396 e. The fourth-order valence-corrected chi connectivity index (χ4v) is 2.51. The minimum atomic E-state index is -1.16. The van der Waals surface area contributed by atoms with Crippen molar-refractivity contribution in [3.05, 3.63) is 12.7 Å². The molecule has 0 saturated heterocycles. The Morgan fingerprint density at radius 1 is 1.42 bits per heavy atom. The van der Waals surface area contributed by atoms with Crippen molar-refractivity contribution in [2.45, 2.75) is 18.6 Å². The Hall–Kier alpha value is -2.06. The highest BCUT2D eigenvalue weighted by molar-refractivity contribution is 5.89. The highest BCUT2D eigenvalue weighted by Crippen LogP contribution is 2.34. The molecule has 3 atom stereocenters. The summed E-state index contributed by atoms with van der Waals surface area (Å²) in [4.78, 5) is 23.8. The number of nitrogens with zero attached hydrogens (tertiary/aromatic N) is 4. The van der Waals surface area contributed by atoms with Crippen molar-refractivity contribution in [3.8, 4) is 0 Å². The Labute approximate surface area is 107 Å². The van der Waals surface area contributed by atoms with Crippen LogP contribution in [0.15, 0.2) is 12.7 Å². The first-order valence-corrected chi connectivity index (χ1v) is 5.89. The van der Waals surface area contributed by atoms with E-state index >= 15 is 0 Å². The number of fused-ring (bicyclic) bond motifs is 1. The molecular formula is C11H13N5O3. The Bertz CT molecular complexity index is 640. The Morgan fingerprint density at radius 2 is 2.21 bits per heavy atom. The molecule has 2 aromatic rings. The number of carbonyl (C=O) groups is 1. The molecule has 2 aromatic heterocycles. The summed E-state index contributed by atoms with van der Waals surface area (Å²) >= 11 is 0. The summed E-state index contributed by atoms with van der Waals surface area (Å²) in [6.45, 7) is -0.268. The van der Waals surface area contributed by atoms with Crippen LogP contribution < -0.4 is 5.73 Å². The first-order valence-electron chi connectivity index (χ1n) is 5.89. The van der Waals surface area contributed by atoms with Gasteiger partial charge in [-0.05, 0) is 6.42 Å². The second kappa shape index (κ2) is 4.25. The van der Waals surface area contributed by atoms with E-state index in [1.165, 1.54) is 12.7 Å². The topological polar surface area (TPSA) is 127 Å². The third-order valence-corrected chi connectivity index (χ3v) is 3.55. The SMILES string of the molecule is Nc1ncnc2c1ncn2[C@@H]1CC(CO)C(=O)[C@H]1O. The standard InChI is InChI=1S/C11H13N5O3/c12-10-7-11(14-3-13-10)16(4-15-7)6-1-5(2-17)8(18)9(6)19/h3-6,9,17,19H,1-2H2,(H2,12,13,14)/t5?,6-,9+/m1/s1. The zero-order valence-electron chi connectivity index (χ0n) is 9.97. The number of hydrogen-bond donors (Lipinski definition) is 3. The van der Waals surface area contributed by atoms with Gasteiger partial charge in [0, 0.05) is 5.92 Å². The molecule has 0 bridgehead atoms. The van der Waals surface area contributed by atoms with Gasteiger partial charge in [0.25, 0.3) is 0 Å². The molecule has 0 amide bonds. The molecule has 1 aliphatic rings. The third-order valence-electron chi connectivity index (χ3n) is 3.55. The Kier molecular flexibility index (Phi) is 2.68. The van der Waals surface area contributed by atoms with Gasteiger partial charge in [-0.2, -0.15) is 0 Å². The normalized spacial score (nSPS) is 27.3. The van der Waals surface area contributed by atoms with Crippen LogP contribution in [0, 0.1) is 5.92 Å². The van der Waals surface area contributed by atoms with Crippen LogP contribution in [0.1, 0.15) is 12.5 Å². The summed E-state index contributed by atoms with van der Waals surface area (Å²) in [7, 11) is 0. The smallest absolute Gasteiger partial charge is 0.168 e. The molecule has 0 aromatic carbocycles. The van der Waals surface area contributed by atoms with Crippen LogP contribution >= 0.6 is 0 Å². The van der Waals surface area contributed by atoms with Crippen LogP contribution in [0.4, 0.5) is 5.82 Å². The van der Waals surface area contributed by atoms with Crippen LogP contribution in [0.2, 0.25) is 0 Å². The van der Waals surface area contributed by atoms with Gasteiger partial charge in [-0.3, -0.25) is 4.79 Å². The van der Waals surface area contributed by atoms with Gasteiger partial charge < -0.3 is 20.5 Å². The van der Waals surface area contributed by atoms with Gasteiger partial charge in [-0.25, -0.2) is 15.0 Å². The average Bonchev–Trinajstić information content (AvgIpc) is 2.94. The number of carbonyl (C=O) groups excluding carboxylic acids is 1. The molecular weight excluding hydrogens is 250 g/mol. The molecule has 8 heteroatoms. The lowest BCUT2D eigenvalue weighted by molar-refractivity contribution is -0.129. The van der Waals surface area contributed by atoms with Crippen molar-refractivity contribution in [1.82, 2.24) is 19.5 Å². The van der Waals surface area contributed by atoms with Crippen LogP contribution in [0.25, 0.3) is 11.2 Å². The van der Waals surface area contributed by atoms with E-state index in [4.69, 9.17) is 10.8 Å². The molecule has 1 saturated carbocycles. The van der Waals surface area contributed by atoms with Gasteiger partial charge in [0.05, 0.1) is 19.0 Å². The molecule has 19 heavy (non-hydrogen) atoms. The van der Waals surface area contributed by atoms with Crippen molar-refractivity contribution in [2.24, 2.45) is 5.92 Å². The summed E-state index contributed by atoms with van der Waals surface area (Å²) in [5.41, 5.74) is 6.60. The molecule has 8 nitrogen and oxygen atoms in total. The number of nitrogen functional groups attached to an aromatic ring is 1. The predicted molar refractivity (Wildman–Crippen MR) is 65.0 cm³/mol. The van der Waals surface area contributed by atoms with E-state index in [9.17, 15) is 9.90 Å². The lowest BCUT2D eigenvalue weighted by Crippen LogP contribution is -2.25. The highest BCUT2D eigenvalue weighted by atomic mass is 16.3. The van der Waals surface area contributed by atoms with Crippen LogP contribution in [0.5, 0.6) is 0 Å². The molecule has 4 N–H and O–H groups in total. The quantitative estimate of drug-likeness (QED) is 0.627. The number of nitrogens with two attached hydrogens (primary N) is 1. The summed E-state index contributed by atoms with van der Waals surface area (Å²) in [5.74, 6) is -0.644. The Morgan fingerprint density at radius 3 is 2.89 bits per heavy atom. The van der Waals surface area contributed by atoms with Crippen LogP contribution in [0.3, 0.4) is 0 Å². The number of ketones is 1. The zero-order chi connectivity index (χ0) is 13.6. The molecule has 0 radical (unpaired) electrons. The van der Waals surface area contributed by atoms with Crippen LogP contribution in [-0.2, 0) is 4.79 Å². The number of rotatable bonds is 2. The van der Waals surface area contributed by atoms with Gasteiger partial charge in [-0.1, -0.05) is 0 Å². The molecule has 1 unspecified atom stereocenters. The maximum absolute atomic E-state index is 11.7. The minimum absolute atomic E-state index is 0.251. The van der Waals surface area contributed by atoms with E-state index in [2.05, 4.69) is 15.0 Å². The van der Waals surface area contributed by atoms with Crippen molar-refractivity contribution < 1.29 is 15.0 Å². The Balaban J connectivity index is 2.06. The van der Waals surface area contributed by atoms with Crippen molar-refractivity contribution in [1.29, 1.82) is 0 Å². The lowest BCUT2D eigenvalue weighted by atomic mass is 10.1. The highest BCUT2D eigenvalue weighted by Gasteiger charge is 2.42. The van der Waals surface area contributed by atoms with Gasteiger partial charge in [0.15, 0.2) is 17.2 Å². The number of aliphatic hydroxyl groups excluding tert-OH is 2. The lowest BCUT2D eigenvalue weighted by Gasteiger charge is -2.15. The van der Waals surface area contributed by atoms with Crippen molar-refractivity contribution in [3.63, 3.8) is 0 Å². The van der Waals surface area contributed by atoms with E-state index in [0.717, 1.165) is 0 Å². The second-order valence-electron chi connectivity index (χ2n) is 4.61. The predicted octanol–water partition coefficient (Wildman–Crippen LogP) is -1.11. The van der Waals surface area contributed by atoms with Crippen molar-refractivity contribution >= 4 is 22.8 Å². The van der Waals surface area contributed by atoms with E-state index in [1.54, 1.807) is 4.57 Å². The molecule has 1 aliphatic carbocycles. The van der Waals surface area contributed by atoms with E-state index in [1.807, 2.05) is 0 Å². The van der Waals surface area contributed by atoms with Gasteiger partial charge in [0.2, 0.25) is 0 Å². The number of Topliss-reactive ketones (excluding diaryl/α,β-unsaturated/α-hetero) is 1. The summed E-state index contributed by atoms with van der Waals surface area (Å²) in [6.07, 6.45) is 1.98. The third kappa shape index (κ3) is 1.68. The number of aliphatic hydroxyl groups is 2. The van der Waals surface area contributed by atoms with Crippen LogP contribution in [-0.4, -0.2) is 48.2 Å². The van der Waals surface area contributed by atoms with Crippen molar-refractivity contribution in [2.75, 3.05) is 12.3 Å². The van der Waals surface area contributed by atoms with E-state index in [-0.39, 0.29) is 18.2 Å².